The van der Waals surface area contributed by atoms with Gasteiger partial charge in [0.2, 0.25) is 0 Å². The van der Waals surface area contributed by atoms with Crippen LogP contribution in [0.15, 0.2) is 29.1 Å². The van der Waals surface area contributed by atoms with Gasteiger partial charge in [0.15, 0.2) is 23.4 Å². The van der Waals surface area contributed by atoms with E-state index in [1.807, 2.05) is 24.3 Å². The minimum Gasteiger partial charge on any atom is -0.485 e. The lowest BCUT2D eigenvalue weighted by molar-refractivity contribution is 0.0824. The van der Waals surface area contributed by atoms with Crippen molar-refractivity contribution in [3.63, 3.8) is 0 Å². The summed E-state index contributed by atoms with van der Waals surface area (Å²) in [6, 6.07) is 7.46. The first-order valence-electron chi connectivity index (χ1n) is 6.89. The third-order valence-corrected chi connectivity index (χ3v) is 3.66. The fourth-order valence-electron chi connectivity index (χ4n) is 2.57. The number of para-hydroxylation sites is 2. The normalized spacial score (nSPS) is 19.9. The van der Waals surface area contributed by atoms with Crippen LogP contribution < -0.4 is 15.0 Å². The van der Waals surface area contributed by atoms with Crippen LogP contribution in [0.4, 0.5) is 0 Å². The van der Waals surface area contributed by atoms with Crippen molar-refractivity contribution in [3.8, 4) is 11.5 Å². The van der Waals surface area contributed by atoms with Gasteiger partial charge in [-0.15, -0.1) is 0 Å². The molecule has 1 unspecified atom stereocenters. The Morgan fingerprint density at radius 1 is 1.24 bits per heavy atom. The molecule has 0 spiro atoms. The predicted octanol–water partition coefficient (Wildman–Crippen LogP) is 1.36. The van der Waals surface area contributed by atoms with Gasteiger partial charge < -0.3 is 19.2 Å². The molecule has 1 aromatic heterocycles. The highest BCUT2D eigenvalue weighted by Gasteiger charge is 2.26. The van der Waals surface area contributed by atoms with Crippen LogP contribution in [0.3, 0.4) is 0 Å². The second-order valence-electron chi connectivity index (χ2n) is 5.04. The Morgan fingerprint density at radius 2 is 2.10 bits per heavy atom. The quantitative estimate of drug-likeness (QED) is 0.856. The van der Waals surface area contributed by atoms with E-state index in [0.717, 1.165) is 5.69 Å². The van der Waals surface area contributed by atoms with Crippen molar-refractivity contribution in [1.29, 1.82) is 0 Å². The summed E-state index contributed by atoms with van der Waals surface area (Å²) in [7, 11) is 0. The number of aromatic amines is 1. The zero-order valence-corrected chi connectivity index (χ0v) is 11.3. The van der Waals surface area contributed by atoms with E-state index in [1.54, 1.807) is 0 Å². The molecule has 0 saturated heterocycles. The molecule has 0 bridgehead atoms. The van der Waals surface area contributed by atoms with Crippen LogP contribution in [0.5, 0.6) is 11.5 Å². The zero-order chi connectivity index (χ0) is 14.2. The highest BCUT2D eigenvalue weighted by Crippen LogP contribution is 2.34. The molecule has 108 valence electrons. The van der Waals surface area contributed by atoms with E-state index in [-0.39, 0.29) is 5.56 Å². The molecule has 0 fully saturated rings. The zero-order valence-electron chi connectivity index (χ0n) is 11.3. The first-order valence-corrected chi connectivity index (χ1v) is 6.89. The molecule has 6 heteroatoms. The van der Waals surface area contributed by atoms with E-state index in [0.29, 0.717) is 49.1 Å². The molecule has 6 nitrogen and oxygen atoms in total. The van der Waals surface area contributed by atoms with E-state index in [9.17, 15) is 4.79 Å². The van der Waals surface area contributed by atoms with Crippen molar-refractivity contribution < 1.29 is 14.2 Å². The van der Waals surface area contributed by atoms with Gasteiger partial charge in [0.05, 0.1) is 24.5 Å². The number of H-pyrrole nitrogens is 1. The second kappa shape index (κ2) is 4.89. The highest BCUT2D eigenvalue weighted by atomic mass is 16.6. The maximum absolute atomic E-state index is 12.1. The van der Waals surface area contributed by atoms with Crippen LogP contribution in [-0.2, 0) is 17.8 Å². The van der Waals surface area contributed by atoms with E-state index < -0.39 is 6.10 Å². The molecule has 0 radical (unpaired) electrons. The Labute approximate surface area is 120 Å². The molecular weight excluding hydrogens is 272 g/mol. The number of aromatic nitrogens is 2. The SMILES string of the molecule is O=c1[nH]c(C2COc3ccccc3O2)nc2c1COCC2. The van der Waals surface area contributed by atoms with Gasteiger partial charge in [-0.05, 0) is 12.1 Å². The summed E-state index contributed by atoms with van der Waals surface area (Å²) in [6.07, 6.45) is 0.247. The number of benzene rings is 1. The third-order valence-electron chi connectivity index (χ3n) is 3.66. The number of hydrogen-bond acceptors (Lipinski definition) is 5. The number of nitrogens with zero attached hydrogens (tertiary/aromatic N) is 1. The van der Waals surface area contributed by atoms with E-state index in [1.165, 1.54) is 0 Å². The van der Waals surface area contributed by atoms with E-state index in [2.05, 4.69) is 9.97 Å². The molecule has 0 aliphatic carbocycles. The lowest BCUT2D eigenvalue weighted by Gasteiger charge is -2.26. The number of hydrogen-bond donors (Lipinski definition) is 1. The van der Waals surface area contributed by atoms with Crippen LogP contribution >= 0.6 is 0 Å². The number of nitrogens with one attached hydrogen (secondary N) is 1. The molecule has 3 heterocycles. The molecular formula is C15H14N2O4. The topological polar surface area (TPSA) is 73.4 Å². The molecule has 4 rings (SSSR count). The average Bonchev–Trinajstić information content (AvgIpc) is 2.54. The summed E-state index contributed by atoms with van der Waals surface area (Å²) < 4.78 is 16.8. The summed E-state index contributed by atoms with van der Waals surface area (Å²) in [4.78, 5) is 19.4. The summed E-state index contributed by atoms with van der Waals surface area (Å²) in [5.41, 5.74) is 1.25. The maximum Gasteiger partial charge on any atom is 0.256 e. The number of rotatable bonds is 1. The fraction of sp³-hybridized carbons (Fsp3) is 0.333. The minimum atomic E-state index is -0.402. The van der Waals surface area contributed by atoms with Crippen LogP contribution in [0.2, 0.25) is 0 Å². The van der Waals surface area contributed by atoms with Crippen molar-refractivity contribution in [2.24, 2.45) is 0 Å². The Morgan fingerprint density at radius 3 is 3.00 bits per heavy atom. The summed E-state index contributed by atoms with van der Waals surface area (Å²) in [5, 5.41) is 0. The molecule has 21 heavy (non-hydrogen) atoms. The van der Waals surface area contributed by atoms with Gasteiger partial charge in [0.25, 0.3) is 5.56 Å². The Hall–Kier alpha value is -2.34. The van der Waals surface area contributed by atoms with Gasteiger partial charge in [-0.2, -0.15) is 0 Å². The Bertz CT molecular complexity index is 741. The van der Waals surface area contributed by atoms with Crippen molar-refractivity contribution in [2.75, 3.05) is 13.2 Å². The van der Waals surface area contributed by atoms with Crippen LogP contribution in [-0.4, -0.2) is 23.2 Å². The van der Waals surface area contributed by atoms with E-state index >= 15 is 0 Å². The van der Waals surface area contributed by atoms with Crippen molar-refractivity contribution in [1.82, 2.24) is 9.97 Å². The molecule has 1 N–H and O–H groups in total. The van der Waals surface area contributed by atoms with Crippen molar-refractivity contribution >= 4 is 0 Å². The molecule has 2 aliphatic rings. The molecule has 2 aliphatic heterocycles. The highest BCUT2D eigenvalue weighted by molar-refractivity contribution is 5.41. The van der Waals surface area contributed by atoms with Crippen LogP contribution in [0.1, 0.15) is 23.2 Å². The monoisotopic (exact) mass is 286 g/mol. The molecule has 0 amide bonds. The minimum absolute atomic E-state index is 0.155. The third kappa shape index (κ3) is 2.17. The molecule has 2 aromatic rings. The van der Waals surface area contributed by atoms with Gasteiger partial charge >= 0.3 is 0 Å². The van der Waals surface area contributed by atoms with E-state index in [4.69, 9.17) is 14.2 Å². The lowest BCUT2D eigenvalue weighted by Crippen LogP contribution is -2.30. The summed E-state index contributed by atoms with van der Waals surface area (Å²) in [5.74, 6) is 1.88. The van der Waals surface area contributed by atoms with Crippen LogP contribution in [0.25, 0.3) is 0 Å². The van der Waals surface area contributed by atoms with Gasteiger partial charge in [-0.3, -0.25) is 4.79 Å². The Balaban J connectivity index is 1.69. The maximum atomic E-state index is 12.1. The standard InChI is InChI=1S/C15H14N2O4/c18-15-9-7-19-6-5-10(9)16-14(17-15)13-8-20-11-3-1-2-4-12(11)21-13/h1-4,13H,5-8H2,(H,16,17,18). The van der Waals surface area contributed by atoms with Crippen LogP contribution in [0, 0.1) is 0 Å². The molecule has 1 atom stereocenters. The second-order valence-corrected chi connectivity index (χ2v) is 5.04. The van der Waals surface area contributed by atoms with Gasteiger partial charge in [0.1, 0.15) is 6.61 Å². The van der Waals surface area contributed by atoms with Crippen molar-refractivity contribution in [2.45, 2.75) is 19.1 Å². The van der Waals surface area contributed by atoms with Gasteiger partial charge in [-0.1, -0.05) is 12.1 Å². The van der Waals surface area contributed by atoms with Crippen molar-refractivity contribution in [3.05, 3.63) is 51.7 Å². The smallest absolute Gasteiger partial charge is 0.256 e. The fourth-order valence-corrected chi connectivity index (χ4v) is 2.57. The first kappa shape index (κ1) is 12.4. The molecule has 1 aromatic carbocycles. The number of fused-ring (bicyclic) bond motifs is 2. The Kier molecular flexibility index (Phi) is 2.89. The first-order chi connectivity index (χ1) is 10.3. The number of ether oxygens (including phenoxy) is 3. The lowest BCUT2D eigenvalue weighted by atomic mass is 10.1. The summed E-state index contributed by atoms with van der Waals surface area (Å²) >= 11 is 0. The predicted molar refractivity (Wildman–Crippen MR) is 73.5 cm³/mol. The average molecular weight is 286 g/mol. The van der Waals surface area contributed by atoms with Gasteiger partial charge in [0, 0.05) is 6.42 Å². The molecule has 0 saturated carbocycles. The largest absolute Gasteiger partial charge is 0.485 e. The van der Waals surface area contributed by atoms with Gasteiger partial charge in [-0.25, -0.2) is 4.98 Å². The summed E-state index contributed by atoms with van der Waals surface area (Å²) in [6.45, 7) is 1.24.